The minimum Gasteiger partial charge on any atom is -0.325 e. The molecule has 2 atom stereocenters. The number of nitrogens with one attached hydrogen (secondary N) is 2. The van der Waals surface area contributed by atoms with Crippen molar-refractivity contribution in [1.29, 1.82) is 0 Å². The van der Waals surface area contributed by atoms with Gasteiger partial charge < -0.3 is 10.2 Å². The summed E-state index contributed by atoms with van der Waals surface area (Å²) in [7, 11) is -2.89. The number of para-hydroxylation sites is 1. The maximum atomic E-state index is 13.9. The SMILES string of the molecule is C[C@H]1CCc2ccccc2N1S(=O)(=O)NC(=O)N[C@@H](Cc1cc(F)cc(F)c1)C(=O)N(C)c1ccc2scnc2c1. The Bertz CT molecular complexity index is 1710. The van der Waals surface area contributed by atoms with E-state index in [-0.39, 0.29) is 12.0 Å². The molecule has 0 saturated heterocycles. The van der Waals surface area contributed by atoms with Crippen LogP contribution in [0.2, 0.25) is 0 Å². The lowest BCUT2D eigenvalue weighted by Crippen LogP contribution is -2.56. The number of halogens is 2. The molecule has 0 bridgehead atoms. The van der Waals surface area contributed by atoms with Crippen molar-refractivity contribution in [3.8, 4) is 0 Å². The third kappa shape index (κ3) is 6.15. The van der Waals surface area contributed by atoms with E-state index in [1.807, 2.05) is 16.9 Å². The number of amides is 3. The van der Waals surface area contributed by atoms with Gasteiger partial charge in [0.15, 0.2) is 0 Å². The number of rotatable bonds is 7. The predicted molar refractivity (Wildman–Crippen MR) is 154 cm³/mol. The second kappa shape index (κ2) is 11.4. The zero-order valence-corrected chi connectivity index (χ0v) is 23.8. The van der Waals surface area contributed by atoms with E-state index in [1.165, 1.54) is 23.3 Å². The summed E-state index contributed by atoms with van der Waals surface area (Å²) >= 11 is 1.44. The van der Waals surface area contributed by atoms with E-state index >= 15 is 0 Å². The zero-order chi connectivity index (χ0) is 29.3. The van der Waals surface area contributed by atoms with Gasteiger partial charge in [0.2, 0.25) is 5.91 Å². The standard InChI is InChI=1S/C28H27F2N5O4S2/c1-17-7-8-19-5-3-4-6-25(19)35(17)41(38,39)33-28(37)32-24(13-18-11-20(29)14-21(30)12-18)27(36)34(2)22-9-10-26-23(15-22)31-16-40-26/h3-6,9-12,14-17,24H,7-8,13H2,1-2H3,(H2,32,33,37)/t17-,24-/m0/s1. The van der Waals surface area contributed by atoms with Crippen LogP contribution in [0, 0.1) is 11.6 Å². The van der Waals surface area contributed by atoms with Gasteiger partial charge >= 0.3 is 16.2 Å². The fourth-order valence-corrected chi connectivity index (χ4v) is 7.02. The lowest BCUT2D eigenvalue weighted by Gasteiger charge is -2.35. The van der Waals surface area contributed by atoms with Crippen LogP contribution in [0.4, 0.5) is 25.0 Å². The first kappa shape index (κ1) is 28.4. The molecule has 2 heterocycles. The molecule has 4 aromatic rings. The Balaban J connectivity index is 1.40. The van der Waals surface area contributed by atoms with Crippen molar-refractivity contribution in [2.45, 2.75) is 38.3 Å². The monoisotopic (exact) mass is 599 g/mol. The molecular weight excluding hydrogens is 572 g/mol. The Morgan fingerprint density at radius 2 is 1.85 bits per heavy atom. The molecule has 0 spiro atoms. The predicted octanol–water partition coefficient (Wildman–Crippen LogP) is 4.53. The van der Waals surface area contributed by atoms with Gasteiger partial charge in [0.25, 0.3) is 0 Å². The van der Waals surface area contributed by atoms with Crippen LogP contribution in [0.1, 0.15) is 24.5 Å². The molecule has 1 aliphatic heterocycles. The van der Waals surface area contributed by atoms with Gasteiger partial charge in [-0.3, -0.25) is 9.10 Å². The molecule has 0 radical (unpaired) electrons. The minimum atomic E-state index is -4.37. The number of hydrogen-bond acceptors (Lipinski definition) is 6. The van der Waals surface area contributed by atoms with E-state index in [1.54, 1.807) is 42.8 Å². The second-order valence-corrected chi connectivity index (χ2v) is 12.3. The summed E-state index contributed by atoms with van der Waals surface area (Å²) in [5.74, 6) is -2.33. The highest BCUT2D eigenvalue weighted by molar-refractivity contribution is 7.91. The molecular formula is C28H27F2N5O4S2. The Kier molecular flexibility index (Phi) is 7.91. The molecule has 0 fully saturated rings. The number of likely N-dealkylation sites (N-methyl/N-ethyl adjacent to an activating group) is 1. The molecule has 1 aromatic heterocycles. The quantitative estimate of drug-likeness (QED) is 0.324. The second-order valence-electron chi connectivity index (χ2n) is 9.83. The number of fused-ring (bicyclic) bond motifs is 2. The lowest BCUT2D eigenvalue weighted by molar-refractivity contribution is -0.120. The number of thiazole rings is 1. The van der Waals surface area contributed by atoms with E-state index in [2.05, 4.69) is 10.3 Å². The number of urea groups is 1. The van der Waals surface area contributed by atoms with Crippen LogP contribution in [-0.2, 0) is 27.8 Å². The fourth-order valence-electron chi connectivity index (χ4n) is 4.96. The van der Waals surface area contributed by atoms with Crippen LogP contribution in [-0.4, -0.2) is 44.5 Å². The minimum absolute atomic E-state index is 0.103. The fraction of sp³-hybridized carbons (Fsp3) is 0.250. The molecule has 0 unspecified atom stereocenters. The van der Waals surface area contributed by atoms with Crippen LogP contribution in [0.15, 0.2) is 66.2 Å². The molecule has 13 heteroatoms. The number of carbonyl (C=O) groups excluding carboxylic acids is 2. The smallest absolute Gasteiger partial charge is 0.325 e. The van der Waals surface area contributed by atoms with E-state index in [0.29, 0.717) is 35.8 Å². The highest BCUT2D eigenvalue weighted by Crippen LogP contribution is 2.32. The van der Waals surface area contributed by atoms with Crippen LogP contribution in [0.5, 0.6) is 0 Å². The average molecular weight is 600 g/mol. The molecule has 214 valence electrons. The normalized spacial score (nSPS) is 15.7. The molecule has 41 heavy (non-hydrogen) atoms. The molecule has 9 nitrogen and oxygen atoms in total. The maximum Gasteiger partial charge on any atom is 0.330 e. The van der Waals surface area contributed by atoms with E-state index in [4.69, 9.17) is 0 Å². The first-order chi connectivity index (χ1) is 19.5. The molecule has 5 rings (SSSR count). The third-order valence-electron chi connectivity index (χ3n) is 6.94. The van der Waals surface area contributed by atoms with Crippen LogP contribution in [0.25, 0.3) is 10.2 Å². The third-order valence-corrected chi connectivity index (χ3v) is 9.27. The summed E-state index contributed by atoms with van der Waals surface area (Å²) in [5.41, 5.74) is 4.21. The van der Waals surface area contributed by atoms with Crippen LogP contribution >= 0.6 is 11.3 Å². The van der Waals surface area contributed by atoms with Gasteiger partial charge in [0.05, 0.1) is 21.4 Å². The number of aromatic nitrogens is 1. The lowest BCUT2D eigenvalue weighted by atomic mass is 9.99. The van der Waals surface area contributed by atoms with Gasteiger partial charge in [-0.15, -0.1) is 11.3 Å². The number of anilines is 2. The molecule has 0 saturated carbocycles. The molecule has 2 N–H and O–H groups in total. The van der Waals surface area contributed by atoms with Gasteiger partial charge in [-0.05, 0) is 67.3 Å². The van der Waals surface area contributed by atoms with Crippen molar-refractivity contribution < 1.29 is 26.8 Å². The van der Waals surface area contributed by atoms with Crippen molar-refractivity contribution in [1.82, 2.24) is 15.0 Å². The largest absolute Gasteiger partial charge is 0.330 e. The topological polar surface area (TPSA) is 112 Å². The van der Waals surface area contributed by atoms with Gasteiger partial charge in [-0.25, -0.2) is 23.3 Å². The van der Waals surface area contributed by atoms with Gasteiger partial charge in [-0.2, -0.15) is 8.42 Å². The first-order valence-electron chi connectivity index (χ1n) is 12.8. The highest BCUT2D eigenvalue weighted by atomic mass is 32.2. The summed E-state index contributed by atoms with van der Waals surface area (Å²) in [6, 6.07) is 12.1. The number of nitrogens with zero attached hydrogens (tertiary/aromatic N) is 3. The van der Waals surface area contributed by atoms with E-state index in [9.17, 15) is 26.8 Å². The van der Waals surface area contributed by atoms with Crippen LogP contribution in [0.3, 0.4) is 0 Å². The summed E-state index contributed by atoms with van der Waals surface area (Å²) in [6.45, 7) is 1.74. The van der Waals surface area contributed by atoms with E-state index < -0.39 is 45.9 Å². The van der Waals surface area contributed by atoms with Crippen LogP contribution < -0.4 is 19.2 Å². The van der Waals surface area contributed by atoms with Crippen molar-refractivity contribution in [3.63, 3.8) is 0 Å². The Hall–Kier alpha value is -4.10. The summed E-state index contributed by atoms with van der Waals surface area (Å²) in [6.07, 6.45) is 0.947. The van der Waals surface area contributed by atoms with E-state index in [0.717, 1.165) is 26.7 Å². The summed E-state index contributed by atoms with van der Waals surface area (Å²) < 4.78 is 58.7. The van der Waals surface area contributed by atoms with Crippen molar-refractivity contribution in [2.24, 2.45) is 0 Å². The highest BCUT2D eigenvalue weighted by Gasteiger charge is 2.35. The number of benzene rings is 3. The summed E-state index contributed by atoms with van der Waals surface area (Å²) in [4.78, 5) is 32.3. The Morgan fingerprint density at radius 1 is 1.12 bits per heavy atom. The van der Waals surface area contributed by atoms with Gasteiger partial charge in [-0.1, -0.05) is 18.2 Å². The van der Waals surface area contributed by atoms with Gasteiger partial charge in [0.1, 0.15) is 17.7 Å². The first-order valence-corrected chi connectivity index (χ1v) is 15.1. The Labute approximate surface area is 240 Å². The molecule has 3 amide bonds. The molecule has 0 aliphatic carbocycles. The number of hydrogen-bond donors (Lipinski definition) is 2. The molecule has 3 aromatic carbocycles. The Morgan fingerprint density at radius 3 is 2.61 bits per heavy atom. The number of carbonyl (C=O) groups is 2. The maximum absolute atomic E-state index is 13.9. The van der Waals surface area contributed by atoms with Gasteiger partial charge in [0, 0.05) is 31.3 Å². The average Bonchev–Trinajstić information content (AvgIpc) is 3.39. The number of aryl methyl sites for hydroxylation is 1. The summed E-state index contributed by atoms with van der Waals surface area (Å²) in [5, 5.41) is 2.42. The van der Waals surface area contributed by atoms with Crippen molar-refractivity contribution in [2.75, 3.05) is 16.3 Å². The molecule has 1 aliphatic rings. The van der Waals surface area contributed by atoms with Crippen molar-refractivity contribution in [3.05, 3.63) is 88.9 Å². The van der Waals surface area contributed by atoms with Crippen molar-refractivity contribution >= 4 is 55.1 Å². The zero-order valence-electron chi connectivity index (χ0n) is 22.2.